The maximum Gasteiger partial charge on any atom is 0.0451 e. The van der Waals surface area contributed by atoms with Crippen molar-refractivity contribution in [2.75, 3.05) is 24.6 Å². The van der Waals surface area contributed by atoms with E-state index in [0.717, 1.165) is 24.0 Å². The second-order valence-corrected chi connectivity index (χ2v) is 5.48. The fraction of sp³-hybridized carbons (Fsp3) is 0.538. The van der Waals surface area contributed by atoms with Crippen molar-refractivity contribution in [3.63, 3.8) is 0 Å². The summed E-state index contributed by atoms with van der Waals surface area (Å²) >= 11 is 3.52. The molecule has 1 aromatic carbocycles. The van der Waals surface area contributed by atoms with E-state index < -0.39 is 0 Å². The summed E-state index contributed by atoms with van der Waals surface area (Å²) in [6, 6.07) is 9.21. The second kappa shape index (κ2) is 5.85. The third-order valence-electron chi connectivity index (χ3n) is 3.26. The molecule has 0 radical (unpaired) electrons. The Balaban J connectivity index is 2.24. The van der Waals surface area contributed by atoms with Crippen molar-refractivity contribution in [3.8, 4) is 0 Å². The topological polar surface area (TPSA) is 35.5 Å². The predicted octanol–water partition coefficient (Wildman–Crippen LogP) is 2.00. The maximum absolute atomic E-state index is 9.16. The van der Waals surface area contributed by atoms with Crippen LogP contribution in [0.3, 0.4) is 0 Å². The summed E-state index contributed by atoms with van der Waals surface area (Å²) in [5.74, 6) is 0. The largest absolute Gasteiger partial charge is 0.396 e. The molecular weight excluding hydrogens is 280 g/mol. The van der Waals surface area contributed by atoms with Gasteiger partial charge in [0.15, 0.2) is 0 Å². The first kappa shape index (κ1) is 12.9. The molecule has 3 nitrogen and oxygen atoms in total. The molecule has 4 heteroatoms. The van der Waals surface area contributed by atoms with Crippen molar-refractivity contribution >= 4 is 21.6 Å². The van der Waals surface area contributed by atoms with Gasteiger partial charge in [-0.1, -0.05) is 22.0 Å². The normalized spacial score (nSPS) is 25.0. The number of anilines is 1. The van der Waals surface area contributed by atoms with E-state index >= 15 is 0 Å². The molecule has 0 aromatic heterocycles. The lowest BCUT2D eigenvalue weighted by atomic mass is 10.0. The fourth-order valence-electron chi connectivity index (χ4n) is 2.51. The van der Waals surface area contributed by atoms with Gasteiger partial charge in [0.05, 0.1) is 0 Å². The number of benzene rings is 1. The van der Waals surface area contributed by atoms with Crippen LogP contribution >= 0.6 is 15.9 Å². The van der Waals surface area contributed by atoms with Crippen molar-refractivity contribution in [3.05, 3.63) is 28.7 Å². The van der Waals surface area contributed by atoms with Gasteiger partial charge in [-0.2, -0.15) is 0 Å². The molecule has 2 rings (SSSR count). The Labute approximate surface area is 111 Å². The van der Waals surface area contributed by atoms with Crippen molar-refractivity contribution in [2.24, 2.45) is 0 Å². The van der Waals surface area contributed by atoms with Crippen LogP contribution in [0, 0.1) is 0 Å². The predicted molar refractivity (Wildman–Crippen MR) is 74.4 cm³/mol. The molecule has 0 bridgehead atoms. The van der Waals surface area contributed by atoms with Crippen LogP contribution in [0.15, 0.2) is 28.7 Å². The lowest BCUT2D eigenvalue weighted by Crippen LogP contribution is -2.56. The Kier molecular flexibility index (Phi) is 4.42. The highest BCUT2D eigenvalue weighted by molar-refractivity contribution is 9.10. The number of nitrogens with zero attached hydrogens (tertiary/aromatic N) is 1. The molecule has 1 heterocycles. The molecule has 1 fully saturated rings. The van der Waals surface area contributed by atoms with E-state index in [9.17, 15) is 0 Å². The molecule has 1 aliphatic rings. The zero-order chi connectivity index (χ0) is 12.3. The van der Waals surface area contributed by atoms with E-state index in [4.69, 9.17) is 5.11 Å². The summed E-state index contributed by atoms with van der Waals surface area (Å²) in [5, 5.41) is 12.6. The van der Waals surface area contributed by atoms with Gasteiger partial charge in [0.1, 0.15) is 0 Å². The summed E-state index contributed by atoms with van der Waals surface area (Å²) in [6.07, 6.45) is 0.809. The summed E-state index contributed by atoms with van der Waals surface area (Å²) in [4.78, 5) is 2.41. The van der Waals surface area contributed by atoms with Gasteiger partial charge in [0, 0.05) is 41.9 Å². The third-order valence-corrected chi connectivity index (χ3v) is 3.75. The van der Waals surface area contributed by atoms with Crippen LogP contribution in [0.4, 0.5) is 5.69 Å². The van der Waals surface area contributed by atoms with E-state index in [1.165, 1.54) is 5.69 Å². The van der Waals surface area contributed by atoms with E-state index in [0.29, 0.717) is 12.1 Å². The third kappa shape index (κ3) is 3.00. The molecule has 0 saturated carbocycles. The van der Waals surface area contributed by atoms with Gasteiger partial charge in [-0.3, -0.25) is 0 Å². The van der Waals surface area contributed by atoms with Gasteiger partial charge in [-0.05, 0) is 31.5 Å². The minimum absolute atomic E-state index is 0.240. The Morgan fingerprint density at radius 2 is 2.29 bits per heavy atom. The first-order valence-corrected chi connectivity index (χ1v) is 6.87. The van der Waals surface area contributed by atoms with Gasteiger partial charge in [-0.25, -0.2) is 0 Å². The monoisotopic (exact) mass is 298 g/mol. The lowest BCUT2D eigenvalue weighted by molar-refractivity contribution is 0.259. The Morgan fingerprint density at radius 1 is 1.47 bits per heavy atom. The van der Waals surface area contributed by atoms with E-state index in [1.807, 2.05) is 6.07 Å². The molecule has 1 saturated heterocycles. The standard InChI is InChI=1S/C13H19BrN2O/c1-10-8-15-9-13(5-6-17)16(10)12-4-2-3-11(14)7-12/h2-4,7,10,13,15,17H,5-6,8-9H2,1H3. The number of hydrogen-bond donors (Lipinski definition) is 2. The van der Waals surface area contributed by atoms with Gasteiger partial charge in [-0.15, -0.1) is 0 Å². The number of rotatable bonds is 3. The summed E-state index contributed by atoms with van der Waals surface area (Å²) in [7, 11) is 0. The van der Waals surface area contributed by atoms with Gasteiger partial charge in [0.2, 0.25) is 0 Å². The molecule has 17 heavy (non-hydrogen) atoms. The van der Waals surface area contributed by atoms with Gasteiger partial charge in [0.25, 0.3) is 0 Å². The maximum atomic E-state index is 9.16. The van der Waals surface area contributed by atoms with Crippen LogP contribution in [-0.4, -0.2) is 36.9 Å². The zero-order valence-corrected chi connectivity index (χ0v) is 11.7. The molecule has 0 spiro atoms. The van der Waals surface area contributed by atoms with Crippen LogP contribution in [-0.2, 0) is 0 Å². The number of aliphatic hydroxyl groups is 1. The highest BCUT2D eigenvalue weighted by Gasteiger charge is 2.27. The average molecular weight is 299 g/mol. The first-order chi connectivity index (χ1) is 8.22. The SMILES string of the molecule is CC1CNCC(CCO)N1c1cccc(Br)c1. The van der Waals surface area contributed by atoms with Crippen molar-refractivity contribution < 1.29 is 5.11 Å². The van der Waals surface area contributed by atoms with Crippen LogP contribution in [0.5, 0.6) is 0 Å². The quantitative estimate of drug-likeness (QED) is 0.896. The molecule has 2 atom stereocenters. The minimum atomic E-state index is 0.240. The second-order valence-electron chi connectivity index (χ2n) is 4.56. The van der Waals surface area contributed by atoms with Gasteiger partial charge >= 0.3 is 0 Å². The smallest absolute Gasteiger partial charge is 0.0451 e. The number of piperazine rings is 1. The van der Waals surface area contributed by atoms with Crippen LogP contribution in [0.1, 0.15) is 13.3 Å². The summed E-state index contributed by atoms with van der Waals surface area (Å²) < 4.78 is 1.10. The highest BCUT2D eigenvalue weighted by Crippen LogP contribution is 2.26. The summed E-state index contributed by atoms with van der Waals surface area (Å²) in [5.41, 5.74) is 1.23. The van der Waals surface area contributed by atoms with Crippen LogP contribution < -0.4 is 10.2 Å². The number of halogens is 1. The Bertz CT molecular complexity index is 370. The Hall–Kier alpha value is -0.580. The average Bonchev–Trinajstić information content (AvgIpc) is 2.29. The van der Waals surface area contributed by atoms with E-state index in [1.54, 1.807) is 0 Å². The molecule has 94 valence electrons. The summed E-state index contributed by atoms with van der Waals surface area (Å²) in [6.45, 7) is 4.40. The highest BCUT2D eigenvalue weighted by atomic mass is 79.9. The number of aliphatic hydroxyl groups excluding tert-OH is 1. The molecule has 1 aliphatic heterocycles. The van der Waals surface area contributed by atoms with Crippen LogP contribution in [0.25, 0.3) is 0 Å². The zero-order valence-electron chi connectivity index (χ0n) is 10.1. The Morgan fingerprint density at radius 3 is 3.00 bits per heavy atom. The van der Waals surface area contributed by atoms with Gasteiger partial charge < -0.3 is 15.3 Å². The fourth-order valence-corrected chi connectivity index (χ4v) is 2.89. The van der Waals surface area contributed by atoms with Crippen molar-refractivity contribution in [1.29, 1.82) is 0 Å². The van der Waals surface area contributed by atoms with Crippen LogP contribution in [0.2, 0.25) is 0 Å². The lowest BCUT2D eigenvalue weighted by Gasteiger charge is -2.43. The molecule has 2 unspecified atom stereocenters. The number of hydrogen-bond acceptors (Lipinski definition) is 3. The van der Waals surface area contributed by atoms with Crippen molar-refractivity contribution in [2.45, 2.75) is 25.4 Å². The number of nitrogens with one attached hydrogen (secondary N) is 1. The molecule has 0 amide bonds. The minimum Gasteiger partial charge on any atom is -0.396 e. The first-order valence-electron chi connectivity index (χ1n) is 6.08. The molecule has 1 aromatic rings. The molecular formula is C13H19BrN2O. The van der Waals surface area contributed by atoms with Crippen molar-refractivity contribution in [1.82, 2.24) is 5.32 Å². The van der Waals surface area contributed by atoms with E-state index in [-0.39, 0.29) is 6.61 Å². The molecule has 0 aliphatic carbocycles. The molecule has 2 N–H and O–H groups in total. The van der Waals surface area contributed by atoms with E-state index in [2.05, 4.69) is 51.3 Å².